The Balaban J connectivity index is 0.00000208. The molecule has 3 rings (SSSR count). The molecule has 1 atom stereocenters. The maximum Gasteiger partial charge on any atom is 0.193 e. The topological polar surface area (TPSA) is 40.5 Å². The minimum absolute atomic E-state index is 0. The van der Waals surface area contributed by atoms with Gasteiger partial charge in [-0.05, 0) is 18.1 Å². The molecule has 1 aliphatic rings. The second-order valence-electron chi connectivity index (χ2n) is 5.74. The van der Waals surface area contributed by atoms with Crippen LogP contribution in [0.3, 0.4) is 0 Å². The summed E-state index contributed by atoms with van der Waals surface area (Å²) in [6, 6.07) is 10.4. The number of nitrogens with zero attached hydrogens (tertiary/aromatic N) is 3. The van der Waals surface area contributed by atoms with Crippen molar-refractivity contribution < 1.29 is 0 Å². The van der Waals surface area contributed by atoms with Gasteiger partial charge in [0.2, 0.25) is 0 Å². The van der Waals surface area contributed by atoms with E-state index in [0.29, 0.717) is 5.25 Å². The monoisotopic (exact) mass is 456 g/mol. The summed E-state index contributed by atoms with van der Waals surface area (Å²) in [5.41, 5.74) is 2.28. The lowest BCUT2D eigenvalue weighted by Gasteiger charge is -2.34. The predicted octanol–water partition coefficient (Wildman–Crippen LogP) is 3.76. The van der Waals surface area contributed by atoms with Gasteiger partial charge in [0.1, 0.15) is 0 Å². The van der Waals surface area contributed by atoms with E-state index in [2.05, 4.69) is 63.1 Å². The summed E-state index contributed by atoms with van der Waals surface area (Å²) in [5, 5.41) is 5.41. The van der Waals surface area contributed by atoms with Crippen molar-refractivity contribution in [2.45, 2.75) is 25.1 Å². The smallest absolute Gasteiger partial charge is 0.193 e. The molecule has 0 spiro atoms. The number of thioether (sulfide) groups is 1. The number of rotatable bonds is 3. The van der Waals surface area contributed by atoms with Crippen molar-refractivity contribution in [3.8, 4) is 0 Å². The minimum Gasteiger partial charge on any atom is -0.352 e. The van der Waals surface area contributed by atoms with Gasteiger partial charge in [-0.3, -0.25) is 9.98 Å². The number of fused-ring (bicyclic) bond motifs is 1. The molecule has 1 aliphatic heterocycles. The van der Waals surface area contributed by atoms with Crippen molar-refractivity contribution in [1.82, 2.24) is 15.2 Å². The molecule has 6 heteroatoms. The van der Waals surface area contributed by atoms with Crippen molar-refractivity contribution >= 4 is 52.6 Å². The van der Waals surface area contributed by atoms with E-state index in [-0.39, 0.29) is 24.0 Å². The van der Waals surface area contributed by atoms with Crippen LogP contribution in [-0.4, -0.2) is 47.0 Å². The summed E-state index contributed by atoms with van der Waals surface area (Å²) >= 11 is 2.08. The Kier molecular flexibility index (Phi) is 7.61. The van der Waals surface area contributed by atoms with Gasteiger partial charge in [-0.15, -0.1) is 24.0 Å². The van der Waals surface area contributed by atoms with Crippen LogP contribution in [0.25, 0.3) is 10.9 Å². The molecule has 130 valence electrons. The fraction of sp³-hybridized carbons (Fsp3) is 0.444. The molecule has 24 heavy (non-hydrogen) atoms. The summed E-state index contributed by atoms with van der Waals surface area (Å²) in [6.45, 7) is 5.16. The van der Waals surface area contributed by atoms with Crippen molar-refractivity contribution in [1.29, 1.82) is 0 Å². The Morgan fingerprint density at radius 2 is 2.21 bits per heavy atom. The lowest BCUT2D eigenvalue weighted by atomic mass is 10.1. The Hall–Kier alpha value is -1.02. The first-order chi connectivity index (χ1) is 11.3. The zero-order chi connectivity index (χ0) is 16.1. The molecule has 1 N–H and O–H groups in total. The molecule has 1 unspecified atom stereocenters. The van der Waals surface area contributed by atoms with E-state index in [1.807, 2.05) is 19.3 Å². The van der Waals surface area contributed by atoms with Gasteiger partial charge in [-0.2, -0.15) is 11.8 Å². The first-order valence-electron chi connectivity index (χ1n) is 8.21. The molecular weight excluding hydrogens is 431 g/mol. The number of benzene rings is 1. The number of pyridine rings is 1. The third-order valence-electron chi connectivity index (χ3n) is 4.26. The van der Waals surface area contributed by atoms with Crippen LogP contribution in [0.15, 0.2) is 41.5 Å². The van der Waals surface area contributed by atoms with Crippen molar-refractivity contribution in [2.75, 3.05) is 25.9 Å². The molecule has 0 aliphatic carbocycles. The molecule has 0 bridgehead atoms. The zero-order valence-electron chi connectivity index (χ0n) is 14.2. The van der Waals surface area contributed by atoms with E-state index in [0.717, 1.165) is 31.1 Å². The van der Waals surface area contributed by atoms with Gasteiger partial charge in [0.05, 0.1) is 5.52 Å². The summed E-state index contributed by atoms with van der Waals surface area (Å²) in [6.07, 6.45) is 3.07. The first-order valence-corrected chi connectivity index (χ1v) is 9.26. The standard InChI is InChI=1S/C18H24N4S.HI/c1-3-16-13-22(10-11-23-16)18(19-2)21-12-15-7-4-6-14-8-5-9-20-17(14)15;/h4-9,16H,3,10-13H2,1-2H3,(H,19,21);1H. The van der Waals surface area contributed by atoms with E-state index in [1.165, 1.54) is 23.1 Å². The fourth-order valence-electron chi connectivity index (χ4n) is 2.98. The van der Waals surface area contributed by atoms with Gasteiger partial charge < -0.3 is 10.2 Å². The normalized spacial score (nSPS) is 18.3. The van der Waals surface area contributed by atoms with Crippen LogP contribution in [0.2, 0.25) is 0 Å². The summed E-state index contributed by atoms with van der Waals surface area (Å²) in [7, 11) is 1.87. The largest absolute Gasteiger partial charge is 0.352 e. The third kappa shape index (κ3) is 4.53. The Morgan fingerprint density at radius 1 is 1.38 bits per heavy atom. The molecule has 2 heterocycles. The van der Waals surface area contributed by atoms with Gasteiger partial charge in [0.25, 0.3) is 0 Å². The predicted molar refractivity (Wildman–Crippen MR) is 115 cm³/mol. The SMILES string of the molecule is CCC1CN(C(=NC)NCc2cccc3cccnc23)CCS1.I. The van der Waals surface area contributed by atoms with E-state index in [1.54, 1.807) is 0 Å². The second-order valence-corrected chi connectivity index (χ2v) is 7.15. The fourth-order valence-corrected chi connectivity index (χ4v) is 4.16. The lowest BCUT2D eigenvalue weighted by Crippen LogP contribution is -2.47. The molecule has 0 saturated carbocycles. The average molecular weight is 456 g/mol. The number of nitrogens with one attached hydrogen (secondary N) is 1. The van der Waals surface area contributed by atoms with Crippen LogP contribution >= 0.6 is 35.7 Å². The molecule has 1 aromatic heterocycles. The number of guanidine groups is 1. The highest BCUT2D eigenvalue weighted by atomic mass is 127. The van der Waals surface area contributed by atoms with Gasteiger partial charge >= 0.3 is 0 Å². The highest BCUT2D eigenvalue weighted by molar-refractivity contribution is 14.0. The number of hydrogen-bond donors (Lipinski definition) is 1. The lowest BCUT2D eigenvalue weighted by molar-refractivity contribution is 0.408. The van der Waals surface area contributed by atoms with Crippen LogP contribution in [0, 0.1) is 0 Å². The minimum atomic E-state index is 0. The Bertz CT molecular complexity index is 686. The van der Waals surface area contributed by atoms with Crippen molar-refractivity contribution in [2.24, 2.45) is 4.99 Å². The van der Waals surface area contributed by atoms with Crippen LogP contribution in [0.5, 0.6) is 0 Å². The highest BCUT2D eigenvalue weighted by Crippen LogP contribution is 2.21. The number of aliphatic imine (C=N–C) groups is 1. The Morgan fingerprint density at radius 3 is 3.00 bits per heavy atom. The van der Waals surface area contributed by atoms with Crippen LogP contribution in [0.1, 0.15) is 18.9 Å². The molecule has 1 saturated heterocycles. The molecular formula is C18H25IN4S. The van der Waals surface area contributed by atoms with Gasteiger partial charge in [0.15, 0.2) is 5.96 Å². The number of hydrogen-bond acceptors (Lipinski definition) is 3. The third-order valence-corrected chi connectivity index (χ3v) is 5.63. The molecule has 1 fully saturated rings. The van der Waals surface area contributed by atoms with E-state index >= 15 is 0 Å². The number of halogens is 1. The van der Waals surface area contributed by atoms with E-state index in [9.17, 15) is 0 Å². The Labute approximate surface area is 165 Å². The quantitative estimate of drug-likeness (QED) is 0.434. The number of para-hydroxylation sites is 1. The molecule has 4 nitrogen and oxygen atoms in total. The average Bonchev–Trinajstić information content (AvgIpc) is 2.62. The summed E-state index contributed by atoms with van der Waals surface area (Å²) < 4.78 is 0. The molecule has 1 aromatic carbocycles. The van der Waals surface area contributed by atoms with E-state index < -0.39 is 0 Å². The molecule has 0 radical (unpaired) electrons. The van der Waals surface area contributed by atoms with Crippen molar-refractivity contribution in [3.63, 3.8) is 0 Å². The van der Waals surface area contributed by atoms with Gasteiger partial charge in [0, 0.05) is 49.3 Å². The van der Waals surface area contributed by atoms with Gasteiger partial charge in [-0.25, -0.2) is 0 Å². The van der Waals surface area contributed by atoms with Gasteiger partial charge in [-0.1, -0.05) is 31.2 Å². The highest BCUT2D eigenvalue weighted by Gasteiger charge is 2.21. The number of aromatic nitrogens is 1. The van der Waals surface area contributed by atoms with Crippen molar-refractivity contribution in [3.05, 3.63) is 42.1 Å². The summed E-state index contributed by atoms with van der Waals surface area (Å²) in [4.78, 5) is 11.4. The maximum atomic E-state index is 4.53. The van der Waals surface area contributed by atoms with Crippen LogP contribution in [-0.2, 0) is 6.54 Å². The van der Waals surface area contributed by atoms with Crippen LogP contribution < -0.4 is 5.32 Å². The molecule has 2 aromatic rings. The molecule has 0 amide bonds. The first kappa shape index (κ1) is 19.3. The van der Waals surface area contributed by atoms with E-state index in [4.69, 9.17) is 0 Å². The van der Waals surface area contributed by atoms with Crippen LogP contribution in [0.4, 0.5) is 0 Å². The second kappa shape index (κ2) is 9.46. The zero-order valence-corrected chi connectivity index (χ0v) is 17.4. The maximum absolute atomic E-state index is 4.53. The summed E-state index contributed by atoms with van der Waals surface area (Å²) in [5.74, 6) is 2.17.